The van der Waals surface area contributed by atoms with Crippen LogP contribution in [0.15, 0.2) is 29.1 Å². The molecule has 3 amide bonds. The summed E-state index contributed by atoms with van der Waals surface area (Å²) in [5, 5.41) is 8.92. The predicted octanol–water partition coefficient (Wildman–Crippen LogP) is 3.14. The number of thioether (sulfide) groups is 1. The van der Waals surface area contributed by atoms with Gasteiger partial charge in [-0.05, 0) is 79.0 Å². The first-order chi connectivity index (χ1) is 21.2. The minimum absolute atomic E-state index is 0.0857. The van der Waals surface area contributed by atoms with E-state index in [1.54, 1.807) is 36.9 Å². The highest BCUT2D eigenvalue weighted by atomic mass is 32.2. The zero-order valence-electron chi connectivity index (χ0n) is 26.0. The Bertz CT molecular complexity index is 1440. The Labute approximate surface area is 262 Å². The summed E-state index contributed by atoms with van der Waals surface area (Å²) in [4.78, 5) is 53.6. The number of carbonyl (C=O) groups excluding carboxylic acids is 3. The van der Waals surface area contributed by atoms with Crippen molar-refractivity contribution in [2.45, 2.75) is 51.1 Å². The van der Waals surface area contributed by atoms with E-state index >= 15 is 0 Å². The molecule has 1 aliphatic carbocycles. The van der Waals surface area contributed by atoms with E-state index in [0.29, 0.717) is 66.5 Å². The summed E-state index contributed by atoms with van der Waals surface area (Å²) in [6, 6.07) is 5.70. The maximum Gasteiger partial charge on any atom is 0.242 e. The third kappa shape index (κ3) is 7.40. The molecule has 2 aromatic rings. The molecule has 0 unspecified atom stereocenters. The topological polar surface area (TPSA) is 135 Å². The van der Waals surface area contributed by atoms with Gasteiger partial charge in [0.25, 0.3) is 0 Å². The molecule has 1 aliphatic heterocycles. The molecule has 0 saturated carbocycles. The van der Waals surface area contributed by atoms with Crippen LogP contribution < -0.4 is 35.6 Å². The molecule has 2 aromatic carbocycles. The van der Waals surface area contributed by atoms with E-state index in [1.807, 2.05) is 18.4 Å². The molecule has 0 aromatic heterocycles. The molecule has 0 spiro atoms. The van der Waals surface area contributed by atoms with Gasteiger partial charge in [-0.15, -0.1) is 0 Å². The average molecular weight is 627 g/mol. The fraction of sp³-hybridized carbons (Fsp3) is 0.500. The second kappa shape index (κ2) is 15.2. The third-order valence-electron chi connectivity index (χ3n) is 8.05. The molecule has 0 bridgehead atoms. The standard InChI is InChI=1S/C32H42N4O7S/c1-19(37)34-23-10-8-20-16-27(41-2)30(42-3)31(43-4)29(20)21-9-11-24(26(38)17-22(21)23)35-25(12-15-44-5)32(40)33-18-28(39)36-13-6-7-14-36/h9,11,16-17,23,25H,6-8,10,12-15,18H2,1-5H3,(H,33,40)(H,34,37)(H,35,38)/t23-,25-/m1/s1. The quantitative estimate of drug-likeness (QED) is 0.325. The van der Waals surface area contributed by atoms with Crippen LogP contribution in [0.4, 0.5) is 5.69 Å². The molecule has 4 rings (SSSR count). The highest BCUT2D eigenvalue weighted by Gasteiger charge is 2.30. The highest BCUT2D eigenvalue weighted by molar-refractivity contribution is 7.98. The zero-order valence-corrected chi connectivity index (χ0v) is 26.9. The molecule has 1 saturated heterocycles. The van der Waals surface area contributed by atoms with Crippen molar-refractivity contribution in [3.63, 3.8) is 0 Å². The molecule has 3 N–H and O–H groups in total. The molecule has 2 atom stereocenters. The van der Waals surface area contributed by atoms with E-state index in [9.17, 15) is 19.2 Å². The van der Waals surface area contributed by atoms with Gasteiger partial charge in [-0.25, -0.2) is 0 Å². The van der Waals surface area contributed by atoms with Crippen molar-refractivity contribution in [3.8, 4) is 28.4 Å². The van der Waals surface area contributed by atoms with Crippen LogP contribution in [0.1, 0.15) is 49.8 Å². The number of anilines is 1. The Morgan fingerprint density at radius 1 is 1.05 bits per heavy atom. The number of amides is 3. The van der Waals surface area contributed by atoms with Crippen molar-refractivity contribution in [1.29, 1.82) is 0 Å². The summed E-state index contributed by atoms with van der Waals surface area (Å²) in [6.07, 6.45) is 5.46. The highest BCUT2D eigenvalue weighted by Crippen LogP contribution is 2.50. The molecule has 12 heteroatoms. The molecule has 238 valence electrons. The lowest BCUT2D eigenvalue weighted by Crippen LogP contribution is -2.45. The second-order valence-electron chi connectivity index (χ2n) is 10.9. The fourth-order valence-corrected chi connectivity index (χ4v) is 6.35. The molecule has 2 aliphatic rings. The van der Waals surface area contributed by atoms with Gasteiger partial charge in [0, 0.05) is 25.6 Å². The summed E-state index contributed by atoms with van der Waals surface area (Å²) in [5.74, 6) is 1.39. The first kappa shape index (κ1) is 33.0. The van der Waals surface area contributed by atoms with Gasteiger partial charge in [0.15, 0.2) is 11.5 Å². The van der Waals surface area contributed by atoms with Crippen molar-refractivity contribution in [2.24, 2.45) is 0 Å². The van der Waals surface area contributed by atoms with Crippen molar-refractivity contribution in [3.05, 3.63) is 45.6 Å². The Hall–Kier alpha value is -3.93. The van der Waals surface area contributed by atoms with Gasteiger partial charge in [0.05, 0.1) is 39.6 Å². The molecule has 1 heterocycles. The Balaban J connectivity index is 1.75. The minimum Gasteiger partial charge on any atom is -0.493 e. The van der Waals surface area contributed by atoms with Gasteiger partial charge in [-0.1, -0.05) is 6.07 Å². The lowest BCUT2D eigenvalue weighted by atomic mass is 9.95. The SMILES string of the molecule is COc1cc2c(c(OC)c1OC)-c1ccc(N[C@H](CCSC)C(=O)NCC(=O)N3CCCC3)c(=O)cc1[C@H](NC(C)=O)CC2. The molecular weight excluding hydrogens is 584 g/mol. The normalized spacial score (nSPS) is 16.1. The number of benzene rings is 1. The van der Waals surface area contributed by atoms with Crippen molar-refractivity contribution >= 4 is 35.2 Å². The summed E-state index contributed by atoms with van der Waals surface area (Å²) >= 11 is 1.59. The van der Waals surface area contributed by atoms with Crippen LogP contribution in [0.25, 0.3) is 11.1 Å². The maximum absolute atomic E-state index is 13.7. The molecular formula is C32H42N4O7S. The average Bonchev–Trinajstić information content (AvgIpc) is 3.46. The number of rotatable bonds is 12. The van der Waals surface area contributed by atoms with Gasteiger partial charge in [-0.3, -0.25) is 19.2 Å². The summed E-state index contributed by atoms with van der Waals surface area (Å²) in [5.41, 5.74) is 2.88. The monoisotopic (exact) mass is 626 g/mol. The van der Waals surface area contributed by atoms with Gasteiger partial charge in [0.1, 0.15) is 6.04 Å². The minimum atomic E-state index is -0.735. The van der Waals surface area contributed by atoms with Gasteiger partial charge in [0.2, 0.25) is 28.9 Å². The van der Waals surface area contributed by atoms with E-state index in [2.05, 4.69) is 16.0 Å². The summed E-state index contributed by atoms with van der Waals surface area (Å²) in [6.45, 7) is 2.78. The van der Waals surface area contributed by atoms with E-state index < -0.39 is 12.1 Å². The maximum atomic E-state index is 13.7. The van der Waals surface area contributed by atoms with Crippen LogP contribution >= 0.6 is 11.8 Å². The molecule has 11 nitrogen and oxygen atoms in total. The van der Waals surface area contributed by atoms with Gasteiger partial charge in [-0.2, -0.15) is 11.8 Å². The Morgan fingerprint density at radius 2 is 1.77 bits per heavy atom. The van der Waals surface area contributed by atoms with Crippen LogP contribution in [0.5, 0.6) is 17.2 Å². The van der Waals surface area contributed by atoms with E-state index in [-0.39, 0.29) is 35.4 Å². The van der Waals surface area contributed by atoms with Crippen molar-refractivity contribution < 1.29 is 28.6 Å². The number of carbonyl (C=O) groups is 3. The Kier molecular flexibility index (Phi) is 11.4. The summed E-state index contributed by atoms with van der Waals surface area (Å²) in [7, 11) is 4.64. The number of ether oxygens (including phenoxy) is 3. The zero-order chi connectivity index (χ0) is 31.8. The van der Waals surface area contributed by atoms with Gasteiger partial charge < -0.3 is 35.1 Å². The molecule has 1 fully saturated rings. The van der Waals surface area contributed by atoms with E-state index in [0.717, 1.165) is 24.0 Å². The van der Waals surface area contributed by atoms with Crippen LogP contribution in [0.3, 0.4) is 0 Å². The van der Waals surface area contributed by atoms with Crippen LogP contribution in [0.2, 0.25) is 0 Å². The lowest BCUT2D eigenvalue weighted by molar-refractivity contribution is -0.132. The van der Waals surface area contributed by atoms with Crippen LogP contribution in [0, 0.1) is 0 Å². The van der Waals surface area contributed by atoms with E-state index in [1.165, 1.54) is 20.1 Å². The van der Waals surface area contributed by atoms with Crippen LogP contribution in [-0.2, 0) is 20.8 Å². The molecule has 0 radical (unpaired) electrons. The number of likely N-dealkylation sites (tertiary alicyclic amines) is 1. The number of nitrogens with one attached hydrogen (secondary N) is 3. The Morgan fingerprint density at radius 3 is 2.41 bits per heavy atom. The number of fused-ring (bicyclic) bond motifs is 3. The molecule has 44 heavy (non-hydrogen) atoms. The van der Waals surface area contributed by atoms with Crippen LogP contribution in [-0.4, -0.2) is 81.6 Å². The van der Waals surface area contributed by atoms with Gasteiger partial charge >= 0.3 is 0 Å². The smallest absolute Gasteiger partial charge is 0.242 e. The number of aryl methyl sites for hydroxylation is 1. The lowest BCUT2D eigenvalue weighted by Gasteiger charge is -2.20. The largest absolute Gasteiger partial charge is 0.493 e. The number of hydrogen-bond donors (Lipinski definition) is 3. The number of nitrogens with zero attached hydrogens (tertiary/aromatic N) is 1. The fourth-order valence-electron chi connectivity index (χ4n) is 5.88. The first-order valence-electron chi connectivity index (χ1n) is 14.8. The predicted molar refractivity (Wildman–Crippen MR) is 172 cm³/mol. The summed E-state index contributed by atoms with van der Waals surface area (Å²) < 4.78 is 17.1. The van der Waals surface area contributed by atoms with Crippen molar-refractivity contribution in [1.82, 2.24) is 15.5 Å². The first-order valence-corrected chi connectivity index (χ1v) is 16.2. The third-order valence-corrected chi connectivity index (χ3v) is 8.69. The number of hydrogen-bond acceptors (Lipinski definition) is 9. The second-order valence-corrected chi connectivity index (χ2v) is 11.9. The number of methoxy groups -OCH3 is 3. The van der Waals surface area contributed by atoms with Crippen molar-refractivity contribution in [2.75, 3.05) is 58.3 Å². The van der Waals surface area contributed by atoms with E-state index in [4.69, 9.17) is 14.2 Å².